The van der Waals surface area contributed by atoms with Gasteiger partial charge in [0.1, 0.15) is 6.61 Å². The highest BCUT2D eigenvalue weighted by atomic mass is 79.9. The van der Waals surface area contributed by atoms with Gasteiger partial charge in [0.05, 0.1) is 12.0 Å². The Balaban J connectivity index is 1.82. The van der Waals surface area contributed by atoms with E-state index < -0.39 is 10.0 Å². The number of nitrogens with one attached hydrogen (secondary N) is 1. The molecule has 0 aliphatic rings. The Morgan fingerprint density at radius 3 is 2.39 bits per heavy atom. The van der Waals surface area contributed by atoms with Crippen LogP contribution in [0.2, 0.25) is 10.0 Å². The van der Waals surface area contributed by atoms with E-state index in [9.17, 15) is 8.42 Å². The molecule has 3 N–H and O–H groups in total. The first-order valence-electron chi connectivity index (χ1n) is 8.98. The number of benzene rings is 3. The highest BCUT2D eigenvalue weighted by Gasteiger charge is 2.16. The molecule has 31 heavy (non-hydrogen) atoms. The van der Waals surface area contributed by atoms with Crippen LogP contribution in [0.5, 0.6) is 11.5 Å². The summed E-state index contributed by atoms with van der Waals surface area (Å²) in [6, 6.07) is 15.0. The average molecular weight is 546 g/mol. The van der Waals surface area contributed by atoms with Gasteiger partial charge in [-0.25, -0.2) is 13.6 Å². The minimum absolute atomic E-state index is 0.0458. The van der Waals surface area contributed by atoms with Gasteiger partial charge in [0, 0.05) is 37.9 Å². The van der Waals surface area contributed by atoms with Crippen LogP contribution < -0.4 is 19.9 Å². The van der Waals surface area contributed by atoms with Gasteiger partial charge in [-0.05, 0) is 48.5 Å². The molecule has 0 aliphatic heterocycles. The van der Waals surface area contributed by atoms with E-state index in [-0.39, 0.29) is 11.5 Å². The van der Waals surface area contributed by atoms with Gasteiger partial charge in [0.25, 0.3) is 0 Å². The van der Waals surface area contributed by atoms with Gasteiger partial charge in [-0.1, -0.05) is 45.2 Å². The Bertz CT molecular complexity index is 1190. The van der Waals surface area contributed by atoms with Crippen LogP contribution in [0.15, 0.2) is 64.0 Å². The van der Waals surface area contributed by atoms with Crippen molar-refractivity contribution in [1.82, 2.24) is 0 Å². The lowest BCUT2D eigenvalue weighted by Crippen LogP contribution is -2.12. The summed E-state index contributed by atoms with van der Waals surface area (Å²) >= 11 is 15.8. The number of rotatable bonds is 8. The first kappa shape index (κ1) is 23.7. The van der Waals surface area contributed by atoms with Crippen LogP contribution in [0.4, 0.5) is 5.69 Å². The van der Waals surface area contributed by atoms with Crippen molar-refractivity contribution in [2.24, 2.45) is 5.14 Å². The Labute approximate surface area is 199 Å². The molecule has 0 unspecified atom stereocenters. The second-order valence-electron chi connectivity index (χ2n) is 6.50. The smallest absolute Gasteiger partial charge is 0.238 e. The maximum Gasteiger partial charge on any atom is 0.238 e. The van der Waals surface area contributed by atoms with E-state index in [2.05, 4.69) is 21.2 Å². The summed E-state index contributed by atoms with van der Waals surface area (Å²) < 4.78 is 35.2. The van der Waals surface area contributed by atoms with Crippen LogP contribution in [0, 0.1) is 0 Å². The zero-order chi connectivity index (χ0) is 22.6. The maximum atomic E-state index is 11.4. The summed E-state index contributed by atoms with van der Waals surface area (Å²) in [4.78, 5) is 0.0458. The third kappa shape index (κ3) is 6.05. The molecule has 0 aromatic heterocycles. The second-order valence-corrected chi connectivity index (χ2v) is 9.76. The van der Waals surface area contributed by atoms with E-state index in [0.717, 1.165) is 15.6 Å². The van der Waals surface area contributed by atoms with Crippen molar-refractivity contribution in [3.63, 3.8) is 0 Å². The molecule has 0 heterocycles. The molecule has 0 saturated heterocycles. The van der Waals surface area contributed by atoms with Crippen LogP contribution in [-0.2, 0) is 23.2 Å². The van der Waals surface area contributed by atoms with E-state index in [0.29, 0.717) is 33.8 Å². The van der Waals surface area contributed by atoms with Gasteiger partial charge in [-0.2, -0.15) is 0 Å². The molecule has 3 aromatic carbocycles. The third-order valence-corrected chi connectivity index (χ3v) is 6.69. The van der Waals surface area contributed by atoms with E-state index in [1.165, 1.54) is 12.1 Å². The van der Waals surface area contributed by atoms with Crippen LogP contribution in [-0.4, -0.2) is 15.5 Å². The third-order valence-electron chi connectivity index (χ3n) is 4.43. The fraction of sp³-hybridized carbons (Fsp3) is 0.143. The quantitative estimate of drug-likeness (QED) is 0.384. The highest BCUT2D eigenvalue weighted by Crippen LogP contribution is 2.37. The van der Waals surface area contributed by atoms with Gasteiger partial charge in [0.2, 0.25) is 10.0 Å². The van der Waals surface area contributed by atoms with E-state index in [1.54, 1.807) is 43.5 Å². The van der Waals surface area contributed by atoms with Gasteiger partial charge < -0.3 is 14.8 Å². The molecule has 0 spiro atoms. The molecule has 0 bridgehead atoms. The normalized spacial score (nSPS) is 11.3. The molecule has 0 fully saturated rings. The van der Waals surface area contributed by atoms with E-state index >= 15 is 0 Å². The molecule has 0 radical (unpaired) electrons. The fourth-order valence-electron chi connectivity index (χ4n) is 2.81. The minimum Gasteiger partial charge on any atom is -0.493 e. The van der Waals surface area contributed by atoms with Gasteiger partial charge >= 0.3 is 0 Å². The minimum atomic E-state index is -3.74. The lowest BCUT2D eigenvalue weighted by atomic mass is 10.1. The molecule has 0 atom stereocenters. The zero-order valence-corrected chi connectivity index (χ0v) is 20.3. The molecule has 3 rings (SSSR count). The molecule has 10 heteroatoms. The van der Waals surface area contributed by atoms with Crippen molar-refractivity contribution < 1.29 is 17.9 Å². The number of anilines is 1. The van der Waals surface area contributed by atoms with E-state index in [4.69, 9.17) is 37.8 Å². The second kappa shape index (κ2) is 10.1. The van der Waals surface area contributed by atoms with Gasteiger partial charge in [-0.15, -0.1) is 0 Å². The number of hydrogen-bond acceptors (Lipinski definition) is 5. The Kier molecular flexibility index (Phi) is 7.72. The molecule has 3 aromatic rings. The van der Waals surface area contributed by atoms with Crippen LogP contribution in [0.1, 0.15) is 11.1 Å². The number of hydrogen-bond donors (Lipinski definition) is 2. The number of methoxy groups -OCH3 is 1. The first-order valence-corrected chi connectivity index (χ1v) is 12.1. The number of primary sulfonamides is 1. The van der Waals surface area contributed by atoms with Crippen molar-refractivity contribution >= 4 is 54.8 Å². The monoisotopic (exact) mass is 544 g/mol. The largest absolute Gasteiger partial charge is 0.493 e. The number of ether oxygens (including phenoxy) is 2. The number of sulfonamides is 1. The van der Waals surface area contributed by atoms with Crippen LogP contribution >= 0.6 is 39.1 Å². The summed E-state index contributed by atoms with van der Waals surface area (Å²) in [6.07, 6.45) is 0. The Morgan fingerprint density at radius 2 is 1.77 bits per heavy atom. The molecule has 164 valence electrons. The first-order chi connectivity index (χ1) is 14.7. The van der Waals surface area contributed by atoms with Crippen LogP contribution in [0.25, 0.3) is 0 Å². The predicted molar refractivity (Wildman–Crippen MR) is 127 cm³/mol. The van der Waals surface area contributed by atoms with E-state index in [1.807, 2.05) is 6.07 Å². The Hall–Kier alpha value is -1.97. The summed E-state index contributed by atoms with van der Waals surface area (Å²) in [5.74, 6) is 1.12. The maximum absolute atomic E-state index is 11.4. The number of halogens is 3. The molecular weight excluding hydrogens is 527 g/mol. The average Bonchev–Trinajstić information content (AvgIpc) is 2.72. The standard InChI is InChI=1S/C21H19BrCl2N2O4S/c1-29-20-9-8-18(22)17(11-26-15-4-6-16(7-5-15)31(25,27)28)21(20)30-12-13-2-3-14(23)10-19(13)24/h2-10,26H,11-12H2,1H3,(H2,25,27,28). The molecule has 6 nitrogen and oxygen atoms in total. The van der Waals surface area contributed by atoms with Gasteiger partial charge in [-0.3, -0.25) is 0 Å². The zero-order valence-electron chi connectivity index (χ0n) is 16.4. The van der Waals surface area contributed by atoms with Crippen molar-refractivity contribution in [2.75, 3.05) is 12.4 Å². The van der Waals surface area contributed by atoms with Crippen molar-refractivity contribution in [3.05, 3.63) is 80.2 Å². The SMILES string of the molecule is COc1ccc(Br)c(CNc2ccc(S(N)(=O)=O)cc2)c1OCc1ccc(Cl)cc1Cl. The molecule has 0 aliphatic carbocycles. The molecular formula is C21H19BrCl2N2O4S. The molecule has 0 amide bonds. The summed E-state index contributed by atoms with van der Waals surface area (Å²) in [5, 5.41) is 9.45. The van der Waals surface area contributed by atoms with Crippen LogP contribution in [0.3, 0.4) is 0 Å². The number of nitrogens with two attached hydrogens (primary N) is 1. The molecule has 0 saturated carbocycles. The summed E-state index contributed by atoms with van der Waals surface area (Å²) in [5.41, 5.74) is 2.32. The Morgan fingerprint density at radius 1 is 1.06 bits per heavy atom. The summed E-state index contributed by atoms with van der Waals surface area (Å²) in [7, 11) is -2.18. The summed E-state index contributed by atoms with van der Waals surface area (Å²) in [6.45, 7) is 0.606. The lowest BCUT2D eigenvalue weighted by molar-refractivity contribution is 0.281. The fourth-order valence-corrected chi connectivity index (χ4v) is 4.24. The van der Waals surface area contributed by atoms with Crippen molar-refractivity contribution in [2.45, 2.75) is 18.0 Å². The predicted octanol–water partition coefficient (Wildman–Crippen LogP) is 5.60. The van der Waals surface area contributed by atoms with Gasteiger partial charge in [0.15, 0.2) is 11.5 Å². The van der Waals surface area contributed by atoms with Crippen molar-refractivity contribution in [3.8, 4) is 11.5 Å². The lowest BCUT2D eigenvalue weighted by Gasteiger charge is -2.18. The highest BCUT2D eigenvalue weighted by molar-refractivity contribution is 9.10. The topological polar surface area (TPSA) is 90.6 Å². The van der Waals surface area contributed by atoms with Crippen molar-refractivity contribution in [1.29, 1.82) is 0 Å².